The van der Waals surface area contributed by atoms with Crippen molar-refractivity contribution in [2.45, 2.75) is 12.5 Å². The molecule has 0 unspecified atom stereocenters. The Bertz CT molecular complexity index is 110. The highest BCUT2D eigenvalue weighted by Gasteiger charge is 2.16. The molecule has 0 aromatic heterocycles. The molecule has 4 heteroatoms. The molecule has 1 fully saturated rings. The van der Waals surface area contributed by atoms with Gasteiger partial charge in [-0.2, -0.15) is 0 Å². The Hall–Kier alpha value is -0.770. The van der Waals surface area contributed by atoms with Crippen LogP contribution < -0.4 is 11.1 Å². The van der Waals surface area contributed by atoms with Crippen molar-refractivity contribution >= 4 is 6.09 Å². The van der Waals surface area contributed by atoms with Crippen LogP contribution in [0.1, 0.15) is 6.42 Å². The number of carbonyl (C=O) groups excluding carboxylic acids is 1. The first-order valence-corrected chi connectivity index (χ1v) is 2.96. The van der Waals surface area contributed by atoms with Crippen LogP contribution in [-0.4, -0.2) is 25.3 Å². The van der Waals surface area contributed by atoms with Gasteiger partial charge in [0.15, 0.2) is 0 Å². The Labute approximate surface area is 53.4 Å². The molecule has 0 saturated carbocycles. The molecule has 1 atom stereocenters. The molecule has 1 amide bonds. The van der Waals surface area contributed by atoms with Crippen LogP contribution in [0, 0.1) is 0 Å². The Morgan fingerprint density at radius 2 is 2.56 bits per heavy atom. The van der Waals surface area contributed by atoms with E-state index in [1.165, 1.54) is 0 Å². The van der Waals surface area contributed by atoms with E-state index in [4.69, 9.17) is 5.73 Å². The van der Waals surface area contributed by atoms with Crippen LogP contribution in [0.25, 0.3) is 0 Å². The molecule has 4 nitrogen and oxygen atoms in total. The third-order valence-electron chi connectivity index (χ3n) is 1.30. The van der Waals surface area contributed by atoms with E-state index >= 15 is 0 Å². The van der Waals surface area contributed by atoms with E-state index in [2.05, 4.69) is 10.1 Å². The highest BCUT2D eigenvalue weighted by Crippen LogP contribution is 2.01. The molecular weight excluding hydrogens is 120 g/mol. The minimum atomic E-state index is -0.677. The summed E-state index contributed by atoms with van der Waals surface area (Å²) in [5.74, 6) is 0. The molecule has 0 aliphatic carbocycles. The van der Waals surface area contributed by atoms with E-state index in [0.29, 0.717) is 0 Å². The Balaban J connectivity index is 2.19. The van der Waals surface area contributed by atoms with Crippen molar-refractivity contribution in [3.63, 3.8) is 0 Å². The van der Waals surface area contributed by atoms with Gasteiger partial charge in [-0.15, -0.1) is 0 Å². The smallest absolute Gasteiger partial charge is 0.404 e. The van der Waals surface area contributed by atoms with E-state index in [9.17, 15) is 4.79 Å². The Morgan fingerprint density at radius 3 is 3.00 bits per heavy atom. The number of nitrogens with one attached hydrogen (secondary N) is 1. The molecule has 0 spiro atoms. The van der Waals surface area contributed by atoms with Gasteiger partial charge in [-0.3, -0.25) is 0 Å². The SMILES string of the molecule is NC(=O)O[C@H]1CCNC1. The van der Waals surface area contributed by atoms with Gasteiger partial charge in [-0.25, -0.2) is 4.79 Å². The van der Waals surface area contributed by atoms with Gasteiger partial charge in [0, 0.05) is 6.54 Å². The molecule has 52 valence electrons. The summed E-state index contributed by atoms with van der Waals surface area (Å²) in [5.41, 5.74) is 4.78. The lowest BCUT2D eigenvalue weighted by atomic mass is 10.3. The first-order chi connectivity index (χ1) is 4.29. The van der Waals surface area contributed by atoms with E-state index < -0.39 is 6.09 Å². The second kappa shape index (κ2) is 2.68. The van der Waals surface area contributed by atoms with E-state index in [-0.39, 0.29) is 6.10 Å². The van der Waals surface area contributed by atoms with Crippen LogP contribution in [-0.2, 0) is 4.74 Å². The van der Waals surface area contributed by atoms with Gasteiger partial charge in [0.2, 0.25) is 0 Å². The molecule has 1 heterocycles. The number of rotatable bonds is 1. The van der Waals surface area contributed by atoms with Crippen molar-refractivity contribution in [3.8, 4) is 0 Å². The van der Waals surface area contributed by atoms with Crippen LogP contribution in [0.2, 0.25) is 0 Å². The van der Waals surface area contributed by atoms with E-state index in [1.54, 1.807) is 0 Å². The van der Waals surface area contributed by atoms with Crippen LogP contribution >= 0.6 is 0 Å². The summed E-state index contributed by atoms with van der Waals surface area (Å²) in [4.78, 5) is 10.1. The second-order valence-electron chi connectivity index (χ2n) is 2.05. The molecule has 0 radical (unpaired) electrons. The average molecular weight is 130 g/mol. The van der Waals surface area contributed by atoms with Crippen LogP contribution in [0.15, 0.2) is 0 Å². The maximum absolute atomic E-state index is 10.1. The first kappa shape index (κ1) is 6.35. The zero-order chi connectivity index (χ0) is 6.69. The van der Waals surface area contributed by atoms with Crippen molar-refractivity contribution in [2.24, 2.45) is 5.73 Å². The minimum absolute atomic E-state index is 0.00231. The number of nitrogens with two attached hydrogens (primary N) is 1. The minimum Gasteiger partial charge on any atom is -0.445 e. The first-order valence-electron chi connectivity index (χ1n) is 2.96. The molecule has 0 bridgehead atoms. The zero-order valence-electron chi connectivity index (χ0n) is 5.09. The monoisotopic (exact) mass is 130 g/mol. The fourth-order valence-electron chi connectivity index (χ4n) is 0.893. The number of carbonyl (C=O) groups is 1. The molecule has 0 aromatic carbocycles. The lowest BCUT2D eigenvalue weighted by Gasteiger charge is -2.05. The number of primary amides is 1. The molecule has 1 aliphatic rings. The maximum atomic E-state index is 10.1. The number of hydrogen-bond donors (Lipinski definition) is 2. The summed E-state index contributed by atoms with van der Waals surface area (Å²) in [6.45, 7) is 1.65. The third kappa shape index (κ3) is 1.89. The number of ether oxygens (including phenoxy) is 1. The zero-order valence-corrected chi connectivity index (χ0v) is 5.09. The molecule has 1 rings (SSSR count). The molecule has 1 aliphatic heterocycles. The summed E-state index contributed by atoms with van der Waals surface area (Å²) in [7, 11) is 0. The van der Waals surface area contributed by atoms with Crippen LogP contribution in [0.4, 0.5) is 4.79 Å². The standard InChI is InChI=1S/C5H10N2O2/c6-5(8)9-4-1-2-7-3-4/h4,7H,1-3H2,(H2,6,8)/t4-/m0/s1. The summed E-state index contributed by atoms with van der Waals surface area (Å²) in [6.07, 6.45) is 0.203. The molecular formula is C5H10N2O2. The van der Waals surface area contributed by atoms with Crippen LogP contribution in [0.3, 0.4) is 0 Å². The summed E-state index contributed by atoms with van der Waals surface area (Å²) >= 11 is 0. The fourth-order valence-corrected chi connectivity index (χ4v) is 0.893. The third-order valence-corrected chi connectivity index (χ3v) is 1.30. The van der Waals surface area contributed by atoms with Gasteiger partial charge in [-0.05, 0) is 13.0 Å². The highest BCUT2D eigenvalue weighted by atomic mass is 16.6. The van der Waals surface area contributed by atoms with E-state index in [0.717, 1.165) is 19.5 Å². The summed E-state index contributed by atoms with van der Waals surface area (Å²) in [6, 6.07) is 0. The van der Waals surface area contributed by atoms with Crippen molar-refractivity contribution in [3.05, 3.63) is 0 Å². The van der Waals surface area contributed by atoms with Crippen molar-refractivity contribution < 1.29 is 9.53 Å². The second-order valence-corrected chi connectivity index (χ2v) is 2.05. The number of hydrogen-bond acceptors (Lipinski definition) is 3. The lowest BCUT2D eigenvalue weighted by molar-refractivity contribution is 0.117. The van der Waals surface area contributed by atoms with Crippen molar-refractivity contribution in [2.75, 3.05) is 13.1 Å². The summed E-state index contributed by atoms with van der Waals surface area (Å²) < 4.78 is 4.69. The Kier molecular flexibility index (Phi) is 1.89. The fraction of sp³-hybridized carbons (Fsp3) is 0.800. The normalized spacial score (nSPS) is 26.0. The molecule has 3 N–H and O–H groups in total. The predicted octanol–water partition coefficient (Wildman–Crippen LogP) is -0.556. The maximum Gasteiger partial charge on any atom is 0.404 e. The summed E-state index contributed by atoms with van der Waals surface area (Å²) in [5, 5.41) is 3.04. The quantitative estimate of drug-likeness (QED) is 0.500. The van der Waals surface area contributed by atoms with Gasteiger partial charge in [0.1, 0.15) is 6.10 Å². The molecule has 0 aromatic rings. The van der Waals surface area contributed by atoms with Gasteiger partial charge in [0.25, 0.3) is 0 Å². The lowest BCUT2D eigenvalue weighted by Crippen LogP contribution is -2.24. The van der Waals surface area contributed by atoms with Crippen LogP contribution in [0.5, 0.6) is 0 Å². The van der Waals surface area contributed by atoms with Crippen molar-refractivity contribution in [1.29, 1.82) is 0 Å². The Morgan fingerprint density at radius 1 is 1.78 bits per heavy atom. The number of amides is 1. The predicted molar refractivity (Wildman–Crippen MR) is 31.9 cm³/mol. The van der Waals surface area contributed by atoms with Gasteiger partial charge < -0.3 is 15.8 Å². The molecule has 9 heavy (non-hydrogen) atoms. The van der Waals surface area contributed by atoms with Gasteiger partial charge in [-0.1, -0.05) is 0 Å². The van der Waals surface area contributed by atoms with Crippen molar-refractivity contribution in [1.82, 2.24) is 5.32 Å². The highest BCUT2D eigenvalue weighted by molar-refractivity contribution is 5.64. The topological polar surface area (TPSA) is 64.4 Å². The average Bonchev–Trinajstić information content (AvgIpc) is 2.15. The largest absolute Gasteiger partial charge is 0.445 e. The van der Waals surface area contributed by atoms with Gasteiger partial charge >= 0.3 is 6.09 Å². The van der Waals surface area contributed by atoms with Gasteiger partial charge in [0.05, 0.1) is 0 Å². The van der Waals surface area contributed by atoms with E-state index in [1.807, 2.05) is 0 Å². The molecule has 1 saturated heterocycles.